The molecule has 0 fully saturated rings. The smallest absolute Gasteiger partial charge is 0.255 e. The summed E-state index contributed by atoms with van der Waals surface area (Å²) in [5.41, 5.74) is 7.10. The van der Waals surface area contributed by atoms with Crippen LogP contribution in [0.15, 0.2) is 36.4 Å². The lowest BCUT2D eigenvalue weighted by Gasteiger charge is -2.17. The van der Waals surface area contributed by atoms with Crippen LogP contribution in [0.25, 0.3) is 0 Å². The van der Waals surface area contributed by atoms with E-state index in [0.717, 1.165) is 11.1 Å². The van der Waals surface area contributed by atoms with E-state index < -0.39 is 5.91 Å². The molecule has 0 aliphatic heterocycles. The summed E-state index contributed by atoms with van der Waals surface area (Å²) in [6.45, 7) is 2.36. The maximum absolute atomic E-state index is 10.9. The van der Waals surface area contributed by atoms with E-state index in [1.165, 1.54) is 7.11 Å². The van der Waals surface area contributed by atoms with E-state index >= 15 is 0 Å². The number of carbonyl (C=O) groups is 1. The molecule has 0 heterocycles. The van der Waals surface area contributed by atoms with Crippen molar-refractivity contribution >= 4 is 29.1 Å². The highest BCUT2D eigenvalue weighted by atomic mass is 35.5. The van der Waals surface area contributed by atoms with Gasteiger partial charge in [-0.1, -0.05) is 35.3 Å². The van der Waals surface area contributed by atoms with Gasteiger partial charge in [-0.05, 0) is 42.3 Å². The number of halogens is 2. The van der Waals surface area contributed by atoms with Crippen LogP contribution in [0.1, 0.15) is 24.1 Å². The van der Waals surface area contributed by atoms with Crippen molar-refractivity contribution in [3.63, 3.8) is 0 Å². The Kier molecular flexibility index (Phi) is 6.93. The van der Waals surface area contributed by atoms with Gasteiger partial charge in [0.2, 0.25) is 0 Å². The summed E-state index contributed by atoms with van der Waals surface area (Å²) in [5, 5.41) is 4.46. The number of primary amides is 1. The summed E-state index contributed by atoms with van der Waals surface area (Å²) in [6, 6.07) is 11.4. The zero-order valence-corrected chi connectivity index (χ0v) is 15.5. The number of hydrogen-bond acceptors (Lipinski definition) is 4. The SMILES string of the molecule is COc1cc(CNC(C)c2cccc(Cl)c2)cc(Cl)c1OCC(N)=O. The fourth-order valence-corrected chi connectivity index (χ4v) is 2.81. The third-order valence-corrected chi connectivity index (χ3v) is 4.12. The summed E-state index contributed by atoms with van der Waals surface area (Å²) in [7, 11) is 1.51. The Morgan fingerprint density at radius 2 is 2.04 bits per heavy atom. The van der Waals surface area contributed by atoms with Gasteiger partial charge < -0.3 is 20.5 Å². The molecule has 0 saturated heterocycles. The van der Waals surface area contributed by atoms with Crippen molar-refractivity contribution in [2.75, 3.05) is 13.7 Å². The Hall–Kier alpha value is -1.95. The molecule has 0 radical (unpaired) electrons. The molecule has 134 valence electrons. The maximum atomic E-state index is 10.9. The van der Waals surface area contributed by atoms with Crippen molar-refractivity contribution in [3.05, 3.63) is 57.6 Å². The van der Waals surface area contributed by atoms with Crippen LogP contribution in [-0.2, 0) is 11.3 Å². The molecule has 1 amide bonds. The van der Waals surface area contributed by atoms with Crippen LogP contribution < -0.4 is 20.5 Å². The van der Waals surface area contributed by atoms with Crippen molar-refractivity contribution in [1.82, 2.24) is 5.32 Å². The van der Waals surface area contributed by atoms with Gasteiger partial charge >= 0.3 is 0 Å². The molecule has 0 spiro atoms. The highest BCUT2D eigenvalue weighted by Gasteiger charge is 2.14. The molecule has 7 heteroatoms. The molecule has 0 aliphatic carbocycles. The van der Waals surface area contributed by atoms with Gasteiger partial charge in [0.1, 0.15) is 0 Å². The molecule has 0 saturated carbocycles. The van der Waals surface area contributed by atoms with Crippen LogP contribution in [0.2, 0.25) is 10.0 Å². The van der Waals surface area contributed by atoms with Gasteiger partial charge in [0.05, 0.1) is 12.1 Å². The predicted molar refractivity (Wildman–Crippen MR) is 99.4 cm³/mol. The zero-order chi connectivity index (χ0) is 18.4. The summed E-state index contributed by atoms with van der Waals surface area (Å²) in [4.78, 5) is 10.9. The molecule has 2 aromatic rings. The van der Waals surface area contributed by atoms with Gasteiger partial charge in [0.25, 0.3) is 5.91 Å². The Morgan fingerprint density at radius 3 is 2.68 bits per heavy atom. The minimum absolute atomic E-state index is 0.106. The van der Waals surface area contributed by atoms with Gasteiger partial charge in [-0.3, -0.25) is 4.79 Å². The largest absolute Gasteiger partial charge is 0.493 e. The fraction of sp³-hybridized carbons (Fsp3) is 0.278. The Labute approximate surface area is 157 Å². The zero-order valence-electron chi connectivity index (χ0n) is 14.0. The third kappa shape index (κ3) is 5.53. The molecule has 25 heavy (non-hydrogen) atoms. The lowest BCUT2D eigenvalue weighted by atomic mass is 10.1. The first kappa shape index (κ1) is 19.4. The number of carbonyl (C=O) groups excluding carboxylic acids is 1. The van der Waals surface area contributed by atoms with Crippen LogP contribution in [0.5, 0.6) is 11.5 Å². The standard InChI is InChI=1S/C18H20Cl2N2O3/c1-11(13-4-3-5-14(19)8-13)22-9-12-6-15(20)18(16(7-12)24-2)25-10-17(21)23/h3-8,11,22H,9-10H2,1-2H3,(H2,21,23). The number of nitrogens with two attached hydrogens (primary N) is 1. The molecule has 5 nitrogen and oxygen atoms in total. The van der Waals surface area contributed by atoms with Crippen LogP contribution in [0.3, 0.4) is 0 Å². The van der Waals surface area contributed by atoms with E-state index in [-0.39, 0.29) is 12.6 Å². The summed E-state index contributed by atoms with van der Waals surface area (Å²) >= 11 is 12.3. The Bertz CT molecular complexity index is 753. The van der Waals surface area contributed by atoms with Crippen LogP contribution in [0.4, 0.5) is 0 Å². The molecule has 0 bridgehead atoms. The fourth-order valence-electron chi connectivity index (χ4n) is 2.32. The Balaban J connectivity index is 2.09. The van der Waals surface area contributed by atoms with E-state index in [0.29, 0.717) is 28.1 Å². The van der Waals surface area contributed by atoms with Gasteiger partial charge in [0.15, 0.2) is 18.1 Å². The molecule has 1 atom stereocenters. The summed E-state index contributed by atoms with van der Waals surface area (Å²) in [6.07, 6.45) is 0. The lowest BCUT2D eigenvalue weighted by Crippen LogP contribution is -2.20. The van der Waals surface area contributed by atoms with Gasteiger partial charge in [-0.25, -0.2) is 0 Å². The number of hydrogen-bond donors (Lipinski definition) is 2. The molecule has 0 aromatic heterocycles. The van der Waals surface area contributed by atoms with Crippen LogP contribution >= 0.6 is 23.2 Å². The maximum Gasteiger partial charge on any atom is 0.255 e. The van der Waals surface area contributed by atoms with E-state index in [1.54, 1.807) is 12.1 Å². The predicted octanol–water partition coefficient (Wildman–Crippen LogP) is 3.72. The minimum Gasteiger partial charge on any atom is -0.493 e. The van der Waals surface area contributed by atoms with Crippen molar-refractivity contribution < 1.29 is 14.3 Å². The molecule has 3 N–H and O–H groups in total. The second kappa shape index (κ2) is 8.94. The normalized spacial score (nSPS) is 11.8. The van der Waals surface area contributed by atoms with Crippen molar-refractivity contribution in [2.24, 2.45) is 5.73 Å². The van der Waals surface area contributed by atoms with Gasteiger partial charge in [-0.2, -0.15) is 0 Å². The first-order valence-corrected chi connectivity index (χ1v) is 8.42. The third-order valence-electron chi connectivity index (χ3n) is 3.61. The van der Waals surface area contributed by atoms with E-state index in [4.69, 9.17) is 38.4 Å². The number of methoxy groups -OCH3 is 1. The van der Waals surface area contributed by atoms with Crippen molar-refractivity contribution in [1.29, 1.82) is 0 Å². The van der Waals surface area contributed by atoms with Crippen LogP contribution in [-0.4, -0.2) is 19.6 Å². The van der Waals surface area contributed by atoms with E-state index in [9.17, 15) is 4.79 Å². The van der Waals surface area contributed by atoms with Crippen LogP contribution in [0, 0.1) is 0 Å². The lowest BCUT2D eigenvalue weighted by molar-refractivity contribution is -0.119. The second-order valence-corrected chi connectivity index (χ2v) is 6.37. The Morgan fingerprint density at radius 1 is 1.28 bits per heavy atom. The number of ether oxygens (including phenoxy) is 2. The van der Waals surface area contributed by atoms with Gasteiger partial charge in [0, 0.05) is 17.6 Å². The molecule has 2 rings (SSSR count). The highest BCUT2D eigenvalue weighted by Crippen LogP contribution is 2.36. The number of rotatable bonds is 8. The average molecular weight is 383 g/mol. The number of nitrogens with one attached hydrogen (secondary N) is 1. The topological polar surface area (TPSA) is 73.6 Å². The second-order valence-electron chi connectivity index (χ2n) is 5.52. The molecular weight excluding hydrogens is 363 g/mol. The molecule has 2 aromatic carbocycles. The number of amides is 1. The minimum atomic E-state index is -0.584. The molecule has 0 aliphatic rings. The van der Waals surface area contributed by atoms with E-state index in [1.807, 2.05) is 24.3 Å². The summed E-state index contributed by atoms with van der Waals surface area (Å²) in [5.74, 6) is 0.162. The summed E-state index contributed by atoms with van der Waals surface area (Å²) < 4.78 is 10.6. The monoisotopic (exact) mass is 382 g/mol. The van der Waals surface area contributed by atoms with E-state index in [2.05, 4.69) is 12.2 Å². The average Bonchev–Trinajstić information content (AvgIpc) is 2.58. The highest BCUT2D eigenvalue weighted by molar-refractivity contribution is 6.32. The van der Waals surface area contributed by atoms with Crippen molar-refractivity contribution in [2.45, 2.75) is 19.5 Å². The first-order valence-electron chi connectivity index (χ1n) is 7.67. The number of benzene rings is 2. The molecular formula is C18H20Cl2N2O3. The van der Waals surface area contributed by atoms with Gasteiger partial charge in [-0.15, -0.1) is 0 Å². The van der Waals surface area contributed by atoms with Crippen molar-refractivity contribution in [3.8, 4) is 11.5 Å². The molecule has 1 unspecified atom stereocenters. The quantitative estimate of drug-likeness (QED) is 0.729. The first-order chi connectivity index (χ1) is 11.9.